The van der Waals surface area contributed by atoms with Gasteiger partial charge in [-0.2, -0.15) is 0 Å². The molecule has 1 unspecified atom stereocenters. The highest BCUT2D eigenvalue weighted by atomic mass is 16.6. The minimum atomic E-state index is -0.807. The molecule has 0 bridgehead atoms. The monoisotopic (exact) mass is 1120 g/mol. The molecule has 0 saturated carbocycles. The summed E-state index contributed by atoms with van der Waals surface area (Å²) in [7, 11) is 0. The molecule has 6 heteroatoms. The van der Waals surface area contributed by atoms with E-state index in [4.69, 9.17) is 14.2 Å². The van der Waals surface area contributed by atoms with E-state index in [1.807, 2.05) is 0 Å². The lowest BCUT2D eigenvalue weighted by Gasteiger charge is -2.18. The van der Waals surface area contributed by atoms with Gasteiger partial charge in [0, 0.05) is 19.3 Å². The van der Waals surface area contributed by atoms with E-state index in [0.717, 1.165) is 148 Å². The van der Waals surface area contributed by atoms with E-state index in [-0.39, 0.29) is 31.1 Å². The molecule has 0 fully saturated rings. The second-order valence-corrected chi connectivity index (χ2v) is 22.3. The first-order valence-corrected chi connectivity index (χ1v) is 34.0. The van der Waals surface area contributed by atoms with Crippen LogP contribution >= 0.6 is 0 Å². The van der Waals surface area contributed by atoms with E-state index in [1.165, 1.54) is 128 Å². The Morgan fingerprint density at radius 2 is 0.481 bits per heavy atom. The number of hydrogen-bond acceptors (Lipinski definition) is 6. The summed E-state index contributed by atoms with van der Waals surface area (Å²) < 4.78 is 16.9. The minimum absolute atomic E-state index is 0.0970. The topological polar surface area (TPSA) is 78.9 Å². The lowest BCUT2D eigenvalue weighted by Crippen LogP contribution is -2.30. The Labute approximate surface area is 501 Å². The van der Waals surface area contributed by atoms with Gasteiger partial charge >= 0.3 is 17.9 Å². The molecule has 6 nitrogen and oxygen atoms in total. The van der Waals surface area contributed by atoms with Gasteiger partial charge in [-0.3, -0.25) is 14.4 Å². The fourth-order valence-electron chi connectivity index (χ4n) is 9.44. The average molecular weight is 1120 g/mol. The summed E-state index contributed by atoms with van der Waals surface area (Å²) in [6.07, 6.45) is 95.0. The number of unbranched alkanes of at least 4 members (excludes halogenated alkanes) is 30. The molecule has 0 heterocycles. The number of rotatable bonds is 61. The Bertz CT molecular complexity index is 1670. The molecule has 0 aliphatic heterocycles. The number of carbonyl (C=O) groups excluding carboxylic acids is 3. The van der Waals surface area contributed by atoms with Crippen molar-refractivity contribution in [1.82, 2.24) is 0 Å². The van der Waals surface area contributed by atoms with Gasteiger partial charge in [0.15, 0.2) is 6.10 Å². The average Bonchev–Trinajstić information content (AvgIpc) is 3.47. The van der Waals surface area contributed by atoms with E-state index < -0.39 is 6.10 Å². The quantitative estimate of drug-likeness (QED) is 0.0261. The summed E-state index contributed by atoms with van der Waals surface area (Å²) in [6, 6.07) is 0. The molecule has 0 aromatic rings. The van der Waals surface area contributed by atoms with Crippen molar-refractivity contribution in [3.8, 4) is 0 Å². The number of carbonyl (C=O) groups is 3. The Hall–Kier alpha value is -4.19. The van der Waals surface area contributed by atoms with Gasteiger partial charge in [0.2, 0.25) is 0 Å². The van der Waals surface area contributed by atoms with Crippen LogP contribution in [0, 0.1) is 0 Å². The molecule has 0 aliphatic carbocycles. The van der Waals surface area contributed by atoms with Crippen molar-refractivity contribution in [2.75, 3.05) is 13.2 Å². The zero-order valence-corrected chi connectivity index (χ0v) is 53.0. The lowest BCUT2D eigenvalue weighted by molar-refractivity contribution is -0.167. The van der Waals surface area contributed by atoms with E-state index in [1.54, 1.807) is 0 Å². The van der Waals surface area contributed by atoms with Crippen molar-refractivity contribution >= 4 is 17.9 Å². The standard InChI is InChI=1S/C75H126O6/c1-4-7-10-13-16-19-22-25-28-31-34-36-37-39-41-44-47-50-53-56-59-62-65-68-74(77)80-71-72(70-79-73(76)67-64-61-58-55-52-49-46-43-40-33-30-27-24-21-18-15-12-9-6-3)81-75(78)69-66-63-60-57-54-51-48-45-42-38-35-32-29-26-23-20-17-14-11-8-5-2/h8-9,11-12,17-18,20-21,26-27,29-30,35,38,40,43,45,48-49,52,72H,4-7,10,13-16,19,22-25,28,31-34,36-37,39,41-42,44,46-47,50-51,53-71H2,1-3H3/b11-8-,12-9-,20-17-,21-18-,29-26-,30-27-,38-35-,43-40-,48-45-,52-49-. The molecule has 81 heavy (non-hydrogen) atoms. The highest BCUT2D eigenvalue weighted by Crippen LogP contribution is 2.17. The third-order valence-corrected chi connectivity index (χ3v) is 14.5. The largest absolute Gasteiger partial charge is 0.462 e. The molecule has 0 radical (unpaired) electrons. The molecular formula is C75H126O6. The lowest BCUT2D eigenvalue weighted by atomic mass is 10.0. The highest BCUT2D eigenvalue weighted by Gasteiger charge is 2.19. The number of hydrogen-bond donors (Lipinski definition) is 0. The molecule has 0 N–H and O–H groups in total. The molecule has 1 atom stereocenters. The third-order valence-electron chi connectivity index (χ3n) is 14.5. The molecule has 0 aromatic heterocycles. The predicted molar refractivity (Wildman–Crippen MR) is 353 cm³/mol. The molecule has 462 valence electrons. The van der Waals surface area contributed by atoms with Crippen molar-refractivity contribution < 1.29 is 28.6 Å². The summed E-state index contributed by atoms with van der Waals surface area (Å²) in [4.78, 5) is 38.4. The smallest absolute Gasteiger partial charge is 0.306 e. The van der Waals surface area contributed by atoms with Crippen molar-refractivity contribution in [2.45, 2.75) is 322 Å². The van der Waals surface area contributed by atoms with Crippen LogP contribution in [0.15, 0.2) is 122 Å². The van der Waals surface area contributed by atoms with Crippen LogP contribution in [0.3, 0.4) is 0 Å². The maximum Gasteiger partial charge on any atom is 0.306 e. The van der Waals surface area contributed by atoms with Gasteiger partial charge in [0.05, 0.1) is 0 Å². The van der Waals surface area contributed by atoms with E-state index in [0.29, 0.717) is 19.3 Å². The van der Waals surface area contributed by atoms with Crippen LogP contribution < -0.4 is 0 Å². The first kappa shape index (κ1) is 76.8. The summed E-state index contributed by atoms with van der Waals surface area (Å²) in [6.45, 7) is 6.40. The van der Waals surface area contributed by atoms with Gasteiger partial charge in [0.25, 0.3) is 0 Å². The van der Waals surface area contributed by atoms with Crippen LogP contribution in [0.4, 0.5) is 0 Å². The fourth-order valence-corrected chi connectivity index (χ4v) is 9.44. The van der Waals surface area contributed by atoms with Gasteiger partial charge in [-0.25, -0.2) is 0 Å². The maximum atomic E-state index is 12.9. The van der Waals surface area contributed by atoms with Crippen LogP contribution in [-0.2, 0) is 28.6 Å². The Kier molecular flexibility index (Phi) is 64.8. The Morgan fingerprint density at radius 3 is 0.765 bits per heavy atom. The van der Waals surface area contributed by atoms with E-state index in [9.17, 15) is 14.4 Å². The maximum absolute atomic E-state index is 12.9. The molecule has 0 aromatic carbocycles. The van der Waals surface area contributed by atoms with Crippen LogP contribution in [0.5, 0.6) is 0 Å². The van der Waals surface area contributed by atoms with Crippen molar-refractivity contribution in [3.05, 3.63) is 122 Å². The van der Waals surface area contributed by atoms with Gasteiger partial charge in [0.1, 0.15) is 13.2 Å². The van der Waals surface area contributed by atoms with Gasteiger partial charge < -0.3 is 14.2 Å². The first-order valence-electron chi connectivity index (χ1n) is 34.0. The van der Waals surface area contributed by atoms with E-state index >= 15 is 0 Å². The first-order chi connectivity index (χ1) is 40.0. The molecule has 0 spiro atoms. The SMILES string of the molecule is CC/C=C\C/C=C\C/C=C\C/C=C\C/C=C\CCCCCCCC(=O)OC(COC(=O)CCCCC/C=C\C/C=C\C/C=C\C/C=C\C/C=C\CC)COC(=O)CCCCCCCCCCCCCCCCCCCCCCCCC. The highest BCUT2D eigenvalue weighted by molar-refractivity contribution is 5.71. The third kappa shape index (κ3) is 66.5. The van der Waals surface area contributed by atoms with Crippen molar-refractivity contribution in [2.24, 2.45) is 0 Å². The van der Waals surface area contributed by atoms with Gasteiger partial charge in [-0.05, 0) is 109 Å². The predicted octanol–water partition coefficient (Wildman–Crippen LogP) is 23.6. The molecule has 0 saturated heterocycles. The van der Waals surface area contributed by atoms with Crippen LogP contribution in [0.25, 0.3) is 0 Å². The number of ether oxygens (including phenoxy) is 3. The Morgan fingerprint density at radius 1 is 0.259 bits per heavy atom. The van der Waals surface area contributed by atoms with Gasteiger partial charge in [-0.1, -0.05) is 309 Å². The molecule has 0 rings (SSSR count). The number of allylic oxidation sites excluding steroid dienone is 20. The summed E-state index contributed by atoms with van der Waals surface area (Å²) in [5.74, 6) is -0.939. The minimum Gasteiger partial charge on any atom is -0.462 e. The van der Waals surface area contributed by atoms with Crippen LogP contribution in [0.2, 0.25) is 0 Å². The molecular weight excluding hydrogens is 997 g/mol. The normalized spacial score (nSPS) is 12.9. The van der Waals surface area contributed by atoms with Crippen molar-refractivity contribution in [3.63, 3.8) is 0 Å². The summed E-state index contributed by atoms with van der Waals surface area (Å²) in [5.41, 5.74) is 0. The number of esters is 3. The van der Waals surface area contributed by atoms with Crippen molar-refractivity contribution in [1.29, 1.82) is 0 Å². The molecule has 0 amide bonds. The summed E-state index contributed by atoms with van der Waals surface area (Å²) in [5, 5.41) is 0. The second kappa shape index (κ2) is 68.3. The van der Waals surface area contributed by atoms with E-state index in [2.05, 4.69) is 142 Å². The fraction of sp³-hybridized carbons (Fsp3) is 0.693. The van der Waals surface area contributed by atoms with Crippen LogP contribution in [-0.4, -0.2) is 37.2 Å². The molecule has 0 aliphatic rings. The zero-order valence-electron chi connectivity index (χ0n) is 53.0. The van der Waals surface area contributed by atoms with Crippen LogP contribution in [0.1, 0.15) is 316 Å². The summed E-state index contributed by atoms with van der Waals surface area (Å²) >= 11 is 0. The Balaban J connectivity index is 4.45. The van der Waals surface area contributed by atoms with Gasteiger partial charge in [-0.15, -0.1) is 0 Å². The second-order valence-electron chi connectivity index (χ2n) is 22.3. The zero-order chi connectivity index (χ0) is 58.5.